The summed E-state index contributed by atoms with van der Waals surface area (Å²) in [5.41, 5.74) is 0.527. The average molecular weight is 517 g/mol. The second-order valence-corrected chi connectivity index (χ2v) is 8.58. The van der Waals surface area contributed by atoms with Gasteiger partial charge in [-0.15, -0.1) is 5.10 Å². The summed E-state index contributed by atoms with van der Waals surface area (Å²) in [6.07, 6.45) is 1.75. The Kier molecular flexibility index (Phi) is 6.70. The van der Waals surface area contributed by atoms with Crippen LogP contribution in [0.15, 0.2) is 36.4 Å². The van der Waals surface area contributed by atoms with Crippen molar-refractivity contribution in [3.8, 4) is 11.6 Å². The van der Waals surface area contributed by atoms with E-state index in [-0.39, 0.29) is 32.3 Å². The van der Waals surface area contributed by atoms with Crippen molar-refractivity contribution >= 4 is 40.7 Å². The molecule has 0 radical (unpaired) electrons. The number of carbonyl (C=O) groups excluding carboxylic acids is 1. The molecule has 33 heavy (non-hydrogen) atoms. The van der Waals surface area contributed by atoms with E-state index in [1.54, 1.807) is 0 Å². The van der Waals surface area contributed by atoms with Gasteiger partial charge in [0, 0.05) is 10.6 Å². The van der Waals surface area contributed by atoms with Crippen LogP contribution in [0.2, 0.25) is 15.1 Å². The lowest BCUT2D eigenvalue weighted by molar-refractivity contribution is -0.00241. The Hall–Kier alpha value is -2.55. The highest BCUT2D eigenvalue weighted by Gasteiger charge is 2.36. The summed E-state index contributed by atoms with van der Waals surface area (Å²) in [4.78, 5) is 13.0. The lowest BCUT2D eigenvalue weighted by Crippen LogP contribution is -2.36. The molecule has 0 bridgehead atoms. The van der Waals surface area contributed by atoms with E-state index in [0.29, 0.717) is 30.5 Å². The molecule has 0 spiro atoms. The zero-order valence-electron chi connectivity index (χ0n) is 16.8. The number of nitrogens with zero attached hydrogens (tertiary/aromatic N) is 2. The molecular weight excluding hydrogens is 502 g/mol. The molecule has 2 aromatic carbocycles. The van der Waals surface area contributed by atoms with Crippen molar-refractivity contribution < 1.29 is 22.7 Å². The molecule has 0 saturated carbocycles. The SMILES string of the molecule is O=C(NCC(F)(F)c1ccc(Cl)cc1Cl)c1c(Oc2cccc(Cl)c2F)nnc2c1CCC2. The molecule has 1 aromatic heterocycles. The van der Waals surface area contributed by atoms with Crippen LogP contribution in [0.4, 0.5) is 13.2 Å². The van der Waals surface area contributed by atoms with E-state index in [9.17, 15) is 18.0 Å². The van der Waals surface area contributed by atoms with Gasteiger partial charge in [-0.25, -0.2) is 4.39 Å². The fraction of sp³-hybridized carbons (Fsp3) is 0.227. The van der Waals surface area contributed by atoms with Crippen molar-refractivity contribution in [2.75, 3.05) is 6.54 Å². The second kappa shape index (κ2) is 9.37. The first kappa shape index (κ1) is 23.6. The lowest BCUT2D eigenvalue weighted by atomic mass is 10.1. The van der Waals surface area contributed by atoms with Gasteiger partial charge in [-0.05, 0) is 55.2 Å². The number of hydrogen-bond donors (Lipinski definition) is 1. The number of ether oxygens (including phenoxy) is 1. The van der Waals surface area contributed by atoms with Gasteiger partial charge in [-0.3, -0.25) is 4.79 Å². The number of rotatable bonds is 6. The van der Waals surface area contributed by atoms with Crippen LogP contribution in [0.25, 0.3) is 0 Å². The minimum atomic E-state index is -3.49. The van der Waals surface area contributed by atoms with Crippen molar-refractivity contribution in [1.82, 2.24) is 15.5 Å². The first-order valence-corrected chi connectivity index (χ1v) is 10.9. The van der Waals surface area contributed by atoms with E-state index in [0.717, 1.165) is 6.07 Å². The molecule has 1 amide bonds. The third-order valence-corrected chi connectivity index (χ3v) is 5.95. The largest absolute Gasteiger partial charge is 0.434 e. The Labute approximate surface area is 201 Å². The molecule has 11 heteroatoms. The number of nitrogens with one attached hydrogen (secondary N) is 1. The third-order valence-electron chi connectivity index (χ3n) is 5.11. The highest BCUT2D eigenvalue weighted by Crippen LogP contribution is 2.36. The molecule has 3 aromatic rings. The van der Waals surface area contributed by atoms with Crippen LogP contribution in [-0.2, 0) is 18.8 Å². The Bertz CT molecular complexity index is 1240. The van der Waals surface area contributed by atoms with E-state index in [2.05, 4.69) is 15.5 Å². The normalized spacial score (nSPS) is 13.0. The Morgan fingerprint density at radius 2 is 1.88 bits per heavy atom. The van der Waals surface area contributed by atoms with E-state index in [1.807, 2.05) is 0 Å². The van der Waals surface area contributed by atoms with Crippen LogP contribution >= 0.6 is 34.8 Å². The summed E-state index contributed by atoms with van der Waals surface area (Å²) < 4.78 is 49.4. The summed E-state index contributed by atoms with van der Waals surface area (Å²) in [6.45, 7) is -1.05. The van der Waals surface area contributed by atoms with Gasteiger partial charge in [0.05, 0.1) is 22.3 Å². The predicted molar refractivity (Wildman–Crippen MR) is 118 cm³/mol. The zero-order chi connectivity index (χ0) is 23.8. The second-order valence-electron chi connectivity index (χ2n) is 7.32. The van der Waals surface area contributed by atoms with Gasteiger partial charge < -0.3 is 10.1 Å². The molecule has 172 valence electrons. The quantitative estimate of drug-likeness (QED) is 0.413. The highest BCUT2D eigenvalue weighted by atomic mass is 35.5. The highest BCUT2D eigenvalue weighted by molar-refractivity contribution is 6.35. The fourth-order valence-electron chi connectivity index (χ4n) is 3.53. The molecule has 1 heterocycles. The molecule has 4 rings (SSSR count). The van der Waals surface area contributed by atoms with Crippen molar-refractivity contribution in [2.24, 2.45) is 0 Å². The van der Waals surface area contributed by atoms with Crippen molar-refractivity contribution in [3.63, 3.8) is 0 Å². The molecule has 5 nitrogen and oxygen atoms in total. The molecule has 1 N–H and O–H groups in total. The summed E-state index contributed by atoms with van der Waals surface area (Å²) in [7, 11) is 0. The number of carbonyl (C=O) groups is 1. The first-order valence-electron chi connectivity index (χ1n) is 9.79. The average Bonchev–Trinajstić information content (AvgIpc) is 3.23. The molecule has 0 atom stereocenters. The maximum atomic E-state index is 14.8. The first-order chi connectivity index (χ1) is 15.7. The summed E-state index contributed by atoms with van der Waals surface area (Å²) in [5, 5.41) is 9.94. The van der Waals surface area contributed by atoms with Gasteiger partial charge in [0.15, 0.2) is 11.6 Å². The van der Waals surface area contributed by atoms with Crippen LogP contribution in [0, 0.1) is 5.82 Å². The number of aryl methyl sites for hydroxylation is 1. The molecule has 1 aliphatic carbocycles. The predicted octanol–water partition coefficient (Wildman–Crippen LogP) is 6.38. The Morgan fingerprint density at radius 3 is 2.64 bits per heavy atom. The number of fused-ring (bicyclic) bond motifs is 1. The van der Waals surface area contributed by atoms with Crippen molar-refractivity contribution in [2.45, 2.75) is 25.2 Å². The number of amides is 1. The molecular formula is C22H15Cl3F3N3O2. The van der Waals surface area contributed by atoms with E-state index in [1.165, 1.54) is 30.3 Å². The zero-order valence-corrected chi connectivity index (χ0v) is 19.0. The number of hydrogen-bond acceptors (Lipinski definition) is 4. The van der Waals surface area contributed by atoms with Gasteiger partial charge >= 0.3 is 0 Å². The molecule has 0 saturated heterocycles. The van der Waals surface area contributed by atoms with Gasteiger partial charge in [-0.2, -0.15) is 13.9 Å². The number of aromatic nitrogens is 2. The third kappa shape index (κ3) is 4.88. The minimum absolute atomic E-state index is 0.0742. The maximum Gasteiger partial charge on any atom is 0.291 e. The van der Waals surface area contributed by atoms with Crippen LogP contribution in [-0.4, -0.2) is 22.6 Å². The van der Waals surface area contributed by atoms with E-state index < -0.39 is 29.8 Å². The van der Waals surface area contributed by atoms with E-state index in [4.69, 9.17) is 39.5 Å². The maximum absolute atomic E-state index is 14.8. The monoisotopic (exact) mass is 515 g/mol. The minimum Gasteiger partial charge on any atom is -0.434 e. The number of halogens is 6. The smallest absolute Gasteiger partial charge is 0.291 e. The summed E-state index contributed by atoms with van der Waals surface area (Å²) in [5.74, 6) is -5.77. The van der Waals surface area contributed by atoms with Crippen molar-refractivity contribution in [1.29, 1.82) is 0 Å². The number of benzene rings is 2. The fourth-order valence-corrected chi connectivity index (χ4v) is 4.24. The number of alkyl halides is 2. The summed E-state index contributed by atoms with van der Waals surface area (Å²) >= 11 is 17.5. The lowest BCUT2D eigenvalue weighted by Gasteiger charge is -2.20. The van der Waals surface area contributed by atoms with Crippen LogP contribution in [0.1, 0.15) is 33.6 Å². The van der Waals surface area contributed by atoms with Crippen LogP contribution in [0.3, 0.4) is 0 Å². The van der Waals surface area contributed by atoms with Gasteiger partial charge in [0.25, 0.3) is 17.7 Å². The molecule has 0 aliphatic heterocycles. The summed E-state index contributed by atoms with van der Waals surface area (Å²) in [6, 6.07) is 7.66. The standard InChI is InChI=1S/C22H15Cl3F3N3O2/c23-11-7-8-13(15(25)9-11)22(27,28)10-29-20(32)18-12-3-1-5-16(12)30-31-21(18)33-17-6-2-4-14(24)19(17)26/h2,4,6-9H,1,3,5,10H2,(H,29,32). The van der Waals surface area contributed by atoms with Gasteiger partial charge in [-0.1, -0.05) is 40.9 Å². The van der Waals surface area contributed by atoms with E-state index >= 15 is 0 Å². The van der Waals surface area contributed by atoms with Crippen LogP contribution < -0.4 is 10.1 Å². The molecule has 1 aliphatic rings. The van der Waals surface area contributed by atoms with Gasteiger partial charge in [0.2, 0.25) is 0 Å². The molecule has 0 unspecified atom stereocenters. The molecule has 0 fully saturated rings. The Balaban J connectivity index is 1.63. The Morgan fingerprint density at radius 1 is 1.09 bits per heavy atom. The topological polar surface area (TPSA) is 64.1 Å². The van der Waals surface area contributed by atoms with Crippen LogP contribution in [0.5, 0.6) is 11.6 Å². The van der Waals surface area contributed by atoms with Crippen molar-refractivity contribution in [3.05, 3.63) is 79.7 Å². The van der Waals surface area contributed by atoms with Gasteiger partial charge in [0.1, 0.15) is 5.56 Å².